The fourth-order valence-corrected chi connectivity index (χ4v) is 50.2. The van der Waals surface area contributed by atoms with Crippen molar-refractivity contribution in [2.24, 2.45) is 47.3 Å². The monoisotopic (exact) mass is 1890 g/mol. The smallest absolute Gasteiger partial charge is 0.304 e. The van der Waals surface area contributed by atoms with E-state index in [9.17, 15) is 9.90 Å². The van der Waals surface area contributed by atoms with Crippen LogP contribution in [-0.2, 0) is 151 Å². The average Bonchev–Trinajstić information content (AvgIpc) is 0.847. The van der Waals surface area contributed by atoms with Crippen LogP contribution in [0.5, 0.6) is 0 Å². The van der Waals surface area contributed by atoms with Gasteiger partial charge in [0.2, 0.25) is 39.9 Å². The zero-order valence-corrected chi connectivity index (χ0v) is 87.6. The lowest BCUT2D eigenvalue weighted by atomic mass is 10.1. The first-order valence-electron chi connectivity index (χ1n) is 38.0. The molecule has 0 saturated heterocycles. The molecule has 636 valence electrons. The molecule has 14 atom stereocenters. The number of hydrogen-bond acceptors (Lipinski definition) is 29. The molecule has 0 aromatic rings. The molecular weight excluding hydrogens is 1750 g/mol. The topological polar surface area (TPSA) is 167 Å². The molecule has 14 unspecified atom stereocenters. The van der Waals surface area contributed by atoms with E-state index in [1.165, 1.54) is 79.7 Å². The third-order valence-corrected chi connectivity index (χ3v) is 52.8. The quantitative estimate of drug-likeness (QED) is 0.0571. The maximum Gasteiger partial charge on any atom is 0.304 e. The summed E-state index contributed by atoms with van der Waals surface area (Å²) in [7, 11) is 0. The molecule has 0 aliphatic carbocycles. The van der Waals surface area contributed by atoms with Crippen molar-refractivity contribution in [3.63, 3.8) is 0 Å². The van der Waals surface area contributed by atoms with Gasteiger partial charge in [-0.15, -0.1) is 0 Å². The van der Waals surface area contributed by atoms with Crippen LogP contribution in [0, 0.1) is 47.3 Å². The molecule has 0 bridgehead atoms. The molecule has 0 heterocycles. The number of carbonyl (C=O) groups is 1. The van der Waals surface area contributed by atoms with Crippen molar-refractivity contribution in [3.05, 3.63) is 0 Å². The first-order valence-corrected chi connectivity index (χ1v) is 67.6. The molecule has 0 aliphatic rings. The Bertz CT molecular complexity index is 2380. The summed E-state index contributed by atoms with van der Waals surface area (Å²) in [6.45, 7) is 63.0. The largest absolute Gasteiger partial charge is 0.481 e. The summed E-state index contributed by atoms with van der Waals surface area (Å²) in [6.07, 6.45) is 2.69. The van der Waals surface area contributed by atoms with Crippen LogP contribution in [0.15, 0.2) is 0 Å². The summed E-state index contributed by atoms with van der Waals surface area (Å²) >= 11 is 54.8. The highest BCUT2D eigenvalue weighted by Gasteiger charge is 2.38. The molecule has 0 aromatic heterocycles. The zero-order valence-electron chi connectivity index (χ0n) is 69.9. The van der Waals surface area contributed by atoms with Crippen LogP contribution in [-0.4, -0.2) is 137 Å². The van der Waals surface area contributed by atoms with Crippen molar-refractivity contribution in [1.82, 2.24) is 0 Å². The van der Waals surface area contributed by atoms with Gasteiger partial charge in [-0.25, -0.2) is 0 Å². The van der Waals surface area contributed by atoms with Gasteiger partial charge in [0.25, 0.3) is 0 Å². The Balaban J connectivity index is 7.63. The van der Waals surface area contributed by atoms with Crippen LogP contribution < -0.4 is 0 Å². The minimum absolute atomic E-state index is 0.111. The molecule has 0 rings (SSSR count). The highest BCUT2D eigenvalue weighted by Crippen LogP contribution is 2.71. The van der Waals surface area contributed by atoms with Crippen molar-refractivity contribution in [1.29, 1.82) is 0 Å². The number of aliphatic carboxylic acids is 1. The van der Waals surface area contributed by atoms with E-state index in [2.05, 4.69) is 166 Å². The number of hydrogen-bond donors (Lipinski definition) is 1. The van der Waals surface area contributed by atoms with Gasteiger partial charge in [0.05, 0.1) is 91.9 Å². The van der Waals surface area contributed by atoms with E-state index in [1.807, 2.05) is 41.5 Å². The number of rotatable bonds is 66. The third kappa shape index (κ3) is 57.2. The second-order valence-corrected chi connectivity index (χ2v) is 75.6. The molecule has 1 N–H and O–H groups in total. The molecule has 0 aromatic carbocycles. The van der Waals surface area contributed by atoms with E-state index >= 15 is 0 Å². The minimum Gasteiger partial charge on any atom is -0.481 e. The maximum atomic E-state index is 12.1. The summed E-state index contributed by atoms with van der Waals surface area (Å²) in [5, 5.41) is 9.92. The van der Waals surface area contributed by atoms with Crippen molar-refractivity contribution < 1.29 is 73.2 Å². The summed E-state index contributed by atoms with van der Waals surface area (Å²) in [5.41, 5.74) is -21.4. The van der Waals surface area contributed by atoms with Gasteiger partial charge in [-0.2, -0.15) is 0 Å². The third-order valence-electron chi connectivity index (χ3n) is 14.1. The van der Waals surface area contributed by atoms with Crippen LogP contribution in [0.1, 0.15) is 265 Å². The lowest BCUT2D eigenvalue weighted by Gasteiger charge is -2.33. The minimum atomic E-state index is -3.35. The van der Waals surface area contributed by atoms with E-state index < -0.39 is 82.4 Å². The van der Waals surface area contributed by atoms with E-state index in [0.29, 0.717) is 70.4 Å². The highest BCUT2D eigenvalue weighted by atomic mass is 32.9. The van der Waals surface area contributed by atoms with Gasteiger partial charge in [0.1, 0.15) is 0 Å². The average molecular weight is 1900 g/mol. The Hall–Kier alpha value is 5.91. The molecule has 0 fully saturated rings. The Kier molecular flexibility index (Phi) is 59.7. The van der Waals surface area contributed by atoms with Gasteiger partial charge in [-0.1, -0.05) is 190 Å². The van der Waals surface area contributed by atoms with Gasteiger partial charge in [-0.3, -0.25) is 4.79 Å². The second-order valence-electron chi connectivity index (χ2n) is 31.7. The summed E-state index contributed by atoms with van der Waals surface area (Å²) in [6, 6.07) is 0. The zero-order chi connectivity index (χ0) is 81.9. The molecule has 0 saturated carbocycles. The first kappa shape index (κ1) is 112. The fourth-order valence-electron chi connectivity index (χ4n) is 10.9. The Labute approximate surface area is 712 Å². The fraction of sp³-hybridized carbons (Fsp3) is 0.986. The van der Waals surface area contributed by atoms with Crippen LogP contribution in [0.2, 0.25) is 0 Å². The molecule has 0 amide bonds. The predicted octanol–water partition coefficient (Wildman–Crippen LogP) is 28.2. The molecule has 0 spiro atoms. The van der Waals surface area contributed by atoms with E-state index in [1.54, 1.807) is 0 Å². The standard InChI is InChI=1S/C69H145O16P7S14/c1-47(2)33-55(17)72-87(94,73-56(18)34-48(3)4)101-43-65(27)82-91(98,83-66(28)44-102-88(95,74-57(19)35-49(5)6)75-58(20)36-50(7)8)105-41-63(25)80-86(93,100-32-31-69(70)71)81-64(26)42-106-92(99,84-67(29)45-103-89(96,76-59(21)37-51(9)10)77-60(22)38-52(11)12)85-68(30)46-104-90(97,78-61(23)39-53(13)14)79-62(24)40-54(15)16/h47-68H,31-46H2,1-30H3,(H,70,71). The lowest BCUT2D eigenvalue weighted by Crippen LogP contribution is -2.19. The Morgan fingerprint density at radius 3 is 0.453 bits per heavy atom. The molecular formula is C69H145O16P7S14. The normalized spacial score (nSPS) is 20.9. The number of carboxylic acid groups (broad SMARTS) is 1. The van der Waals surface area contributed by atoms with E-state index in [0.717, 1.165) is 51.4 Å². The van der Waals surface area contributed by atoms with Gasteiger partial charge in [-0.05, 0) is 278 Å². The molecule has 106 heavy (non-hydrogen) atoms. The predicted molar refractivity (Wildman–Crippen MR) is 503 cm³/mol. The van der Waals surface area contributed by atoms with Crippen LogP contribution in [0.4, 0.5) is 0 Å². The highest BCUT2D eigenvalue weighted by molar-refractivity contribution is 8.70. The van der Waals surface area contributed by atoms with Gasteiger partial charge >= 0.3 is 5.97 Å². The Morgan fingerprint density at radius 1 is 0.226 bits per heavy atom. The maximum absolute atomic E-state index is 12.1. The van der Waals surface area contributed by atoms with Crippen molar-refractivity contribution in [3.8, 4) is 0 Å². The first-order chi connectivity index (χ1) is 48.5. The summed E-state index contributed by atoms with van der Waals surface area (Å²) in [4.78, 5) is 12.1. The van der Waals surface area contributed by atoms with E-state index in [4.69, 9.17) is 146 Å². The van der Waals surface area contributed by atoms with Gasteiger partial charge in [0, 0.05) is 40.3 Å². The Morgan fingerprint density at radius 2 is 0.340 bits per heavy atom. The van der Waals surface area contributed by atoms with Gasteiger partial charge in [0.15, 0.2) is 0 Å². The van der Waals surface area contributed by atoms with Crippen LogP contribution in [0.25, 0.3) is 0 Å². The van der Waals surface area contributed by atoms with Crippen LogP contribution >= 0.6 is 120 Å². The van der Waals surface area contributed by atoms with Crippen molar-refractivity contribution >= 4 is 208 Å². The van der Waals surface area contributed by atoms with Crippen molar-refractivity contribution in [2.45, 2.75) is 351 Å². The van der Waals surface area contributed by atoms with Gasteiger partial charge < -0.3 is 68.4 Å². The SMILES string of the molecule is CC(C)CC(C)OP(=S)(OC(C)CC(C)C)SCC(C)OP(=S)(OC(C)CSP(=S)(OC(C)CC(C)C)OC(C)CC(C)C)SCC(C)OP(=S)(OC(C)CSP(=S)(OC(C)CSP(=S)(OC(C)CC(C)C)OC(C)CC(C)C)OC(C)CSP(=S)(OC(C)CC(C)C)OC(C)CC(C)C)SCCC(=O)O. The van der Waals surface area contributed by atoms with Crippen LogP contribution in [0.3, 0.4) is 0 Å². The molecule has 0 radical (unpaired) electrons. The number of carboxylic acids is 1. The second kappa shape index (κ2) is 56.6. The molecule has 0 aliphatic heterocycles. The molecule has 16 nitrogen and oxygen atoms in total. The summed E-state index contributed by atoms with van der Waals surface area (Å²) in [5.74, 6) is 4.74. The summed E-state index contributed by atoms with van der Waals surface area (Å²) < 4.78 is 95.2. The van der Waals surface area contributed by atoms with E-state index in [-0.39, 0.29) is 72.5 Å². The van der Waals surface area contributed by atoms with Crippen molar-refractivity contribution in [2.75, 3.05) is 40.3 Å². The lowest BCUT2D eigenvalue weighted by molar-refractivity contribution is -0.136. The molecule has 37 heteroatoms.